The molecule has 2 unspecified atom stereocenters. The number of aryl methyl sites for hydroxylation is 1. The van der Waals surface area contributed by atoms with E-state index in [2.05, 4.69) is 17.2 Å². The first-order chi connectivity index (χ1) is 7.08. The van der Waals surface area contributed by atoms with E-state index in [1.807, 2.05) is 13.0 Å². The van der Waals surface area contributed by atoms with Gasteiger partial charge in [-0.3, -0.25) is 4.79 Å². The summed E-state index contributed by atoms with van der Waals surface area (Å²) in [6.45, 7) is 3.94. The second-order valence-electron chi connectivity index (χ2n) is 4.14. The summed E-state index contributed by atoms with van der Waals surface area (Å²) in [7, 11) is 0. The van der Waals surface area contributed by atoms with Gasteiger partial charge in [-0.2, -0.15) is 0 Å². The molecule has 1 aromatic heterocycles. The van der Waals surface area contributed by atoms with E-state index in [1.165, 1.54) is 0 Å². The Kier molecular flexibility index (Phi) is 2.65. The highest BCUT2D eigenvalue weighted by Gasteiger charge is 2.39. The van der Waals surface area contributed by atoms with Gasteiger partial charge in [-0.15, -0.1) is 0 Å². The van der Waals surface area contributed by atoms with Crippen molar-refractivity contribution in [3.05, 3.63) is 23.0 Å². The first kappa shape index (κ1) is 10.4. The van der Waals surface area contributed by atoms with Crippen molar-refractivity contribution in [1.29, 1.82) is 0 Å². The molecule has 1 fully saturated rings. The van der Waals surface area contributed by atoms with Gasteiger partial charge in [-0.1, -0.05) is 18.5 Å². The fourth-order valence-electron chi connectivity index (χ4n) is 1.55. The maximum Gasteiger partial charge on any atom is 0.227 e. The maximum absolute atomic E-state index is 11.6. The highest BCUT2D eigenvalue weighted by molar-refractivity contribution is 6.30. The Balaban J connectivity index is 2.04. The van der Waals surface area contributed by atoms with Crippen molar-refractivity contribution in [1.82, 2.24) is 4.98 Å². The van der Waals surface area contributed by atoms with Crippen LogP contribution in [0.15, 0.2) is 12.3 Å². The van der Waals surface area contributed by atoms with Crippen LogP contribution in [-0.2, 0) is 4.79 Å². The third kappa shape index (κ3) is 2.29. The molecule has 1 saturated carbocycles. The lowest BCUT2D eigenvalue weighted by Gasteiger charge is -2.05. The van der Waals surface area contributed by atoms with Gasteiger partial charge in [0.25, 0.3) is 0 Å². The third-order valence-electron chi connectivity index (χ3n) is 2.73. The van der Waals surface area contributed by atoms with E-state index >= 15 is 0 Å². The van der Waals surface area contributed by atoms with Crippen molar-refractivity contribution in [2.75, 3.05) is 5.32 Å². The number of halogens is 1. The molecule has 1 aliphatic carbocycles. The Hall–Kier alpha value is -1.09. The molecule has 1 aromatic rings. The third-order valence-corrected chi connectivity index (χ3v) is 3.12. The normalized spacial score (nSPS) is 23.7. The average molecular weight is 225 g/mol. The van der Waals surface area contributed by atoms with E-state index in [4.69, 9.17) is 11.6 Å². The average Bonchev–Trinajstić information content (AvgIpc) is 2.89. The van der Waals surface area contributed by atoms with Gasteiger partial charge >= 0.3 is 0 Å². The maximum atomic E-state index is 11.6. The Bertz CT molecular complexity index is 406. The first-order valence-electron chi connectivity index (χ1n) is 5.01. The van der Waals surface area contributed by atoms with E-state index < -0.39 is 0 Å². The zero-order valence-electron chi connectivity index (χ0n) is 8.75. The van der Waals surface area contributed by atoms with Crippen LogP contribution in [0.4, 0.5) is 5.69 Å². The van der Waals surface area contributed by atoms with Crippen LogP contribution in [0.5, 0.6) is 0 Å². The molecule has 1 heterocycles. The second-order valence-corrected chi connectivity index (χ2v) is 4.50. The molecule has 15 heavy (non-hydrogen) atoms. The van der Waals surface area contributed by atoms with Crippen molar-refractivity contribution < 1.29 is 4.79 Å². The zero-order valence-corrected chi connectivity index (χ0v) is 9.51. The van der Waals surface area contributed by atoms with Gasteiger partial charge < -0.3 is 5.32 Å². The summed E-state index contributed by atoms with van der Waals surface area (Å²) < 4.78 is 0. The highest BCUT2D eigenvalue weighted by atomic mass is 35.5. The lowest BCUT2D eigenvalue weighted by molar-refractivity contribution is -0.117. The molecule has 0 aliphatic heterocycles. The van der Waals surface area contributed by atoms with E-state index in [9.17, 15) is 4.79 Å². The summed E-state index contributed by atoms with van der Waals surface area (Å²) in [4.78, 5) is 15.6. The molecule has 0 saturated heterocycles. The van der Waals surface area contributed by atoms with Crippen molar-refractivity contribution in [3.63, 3.8) is 0 Å². The van der Waals surface area contributed by atoms with E-state index in [0.717, 1.165) is 17.7 Å². The van der Waals surface area contributed by atoms with Crippen molar-refractivity contribution in [2.24, 2.45) is 11.8 Å². The fourth-order valence-corrected chi connectivity index (χ4v) is 1.65. The molecule has 1 aliphatic rings. The molecule has 80 valence electrons. The Morgan fingerprint density at radius 1 is 1.67 bits per heavy atom. The summed E-state index contributed by atoms with van der Waals surface area (Å²) in [6.07, 6.45) is 2.58. The number of pyridine rings is 1. The number of rotatable bonds is 2. The summed E-state index contributed by atoms with van der Waals surface area (Å²) in [5.41, 5.74) is 1.60. The second kappa shape index (κ2) is 3.81. The predicted octanol–water partition coefficient (Wildman–Crippen LogP) is 2.64. The number of aromatic nitrogens is 1. The molecule has 2 atom stereocenters. The number of anilines is 1. The van der Waals surface area contributed by atoms with Gasteiger partial charge in [-0.05, 0) is 30.9 Å². The van der Waals surface area contributed by atoms with Crippen molar-refractivity contribution >= 4 is 23.2 Å². The fraction of sp³-hybridized carbons (Fsp3) is 0.455. The number of nitrogens with one attached hydrogen (secondary N) is 1. The standard InChI is InChI=1S/C11H13ClN2O/c1-6-4-9(6)11(15)14-8-3-7(2)10(12)13-5-8/h3,5-6,9H,4H2,1-2H3,(H,14,15). The molecule has 2 rings (SSSR count). The molecule has 0 spiro atoms. The van der Waals surface area contributed by atoms with Gasteiger partial charge in [0.05, 0.1) is 11.9 Å². The lowest BCUT2D eigenvalue weighted by atomic mass is 10.2. The molecule has 0 aromatic carbocycles. The number of nitrogens with zero attached hydrogens (tertiary/aromatic N) is 1. The van der Waals surface area contributed by atoms with Crippen molar-refractivity contribution in [3.8, 4) is 0 Å². The van der Waals surface area contributed by atoms with Gasteiger partial charge in [0.2, 0.25) is 5.91 Å². The highest BCUT2D eigenvalue weighted by Crippen LogP contribution is 2.38. The quantitative estimate of drug-likeness (QED) is 0.785. The SMILES string of the molecule is Cc1cc(NC(=O)C2CC2C)cnc1Cl. The zero-order chi connectivity index (χ0) is 11.0. The molecule has 0 radical (unpaired) electrons. The summed E-state index contributed by atoms with van der Waals surface area (Å²) in [5.74, 6) is 0.790. The molecule has 4 heteroatoms. The van der Waals surface area contributed by atoms with E-state index in [0.29, 0.717) is 11.1 Å². The van der Waals surface area contributed by atoms with Crippen LogP contribution in [0, 0.1) is 18.8 Å². The van der Waals surface area contributed by atoms with Crippen molar-refractivity contribution in [2.45, 2.75) is 20.3 Å². The first-order valence-corrected chi connectivity index (χ1v) is 5.38. The largest absolute Gasteiger partial charge is 0.324 e. The van der Waals surface area contributed by atoms with Crippen LogP contribution in [0.2, 0.25) is 5.15 Å². The van der Waals surface area contributed by atoms with Crippen LogP contribution in [0.25, 0.3) is 0 Å². The lowest BCUT2D eigenvalue weighted by Crippen LogP contribution is -2.14. The topological polar surface area (TPSA) is 42.0 Å². The number of hydrogen-bond acceptors (Lipinski definition) is 2. The van der Waals surface area contributed by atoms with Gasteiger partial charge in [0.1, 0.15) is 5.15 Å². The molecule has 1 N–H and O–H groups in total. The summed E-state index contributed by atoms with van der Waals surface area (Å²) >= 11 is 5.79. The smallest absolute Gasteiger partial charge is 0.227 e. The van der Waals surface area contributed by atoms with Crippen LogP contribution in [0.3, 0.4) is 0 Å². The predicted molar refractivity (Wildman–Crippen MR) is 59.9 cm³/mol. The minimum Gasteiger partial charge on any atom is -0.324 e. The van der Waals surface area contributed by atoms with Gasteiger partial charge in [0, 0.05) is 5.92 Å². The van der Waals surface area contributed by atoms with E-state index in [-0.39, 0.29) is 11.8 Å². The number of hydrogen-bond donors (Lipinski definition) is 1. The number of carbonyl (C=O) groups excluding carboxylic acids is 1. The van der Waals surface area contributed by atoms with Crippen LogP contribution < -0.4 is 5.32 Å². The minimum absolute atomic E-state index is 0.0889. The van der Waals surface area contributed by atoms with Gasteiger partial charge in [-0.25, -0.2) is 4.98 Å². The van der Waals surface area contributed by atoms with Crippen LogP contribution >= 0.6 is 11.6 Å². The number of carbonyl (C=O) groups is 1. The Labute approximate surface area is 93.8 Å². The Morgan fingerprint density at radius 3 is 2.87 bits per heavy atom. The molecular formula is C11H13ClN2O. The van der Waals surface area contributed by atoms with E-state index in [1.54, 1.807) is 6.20 Å². The Morgan fingerprint density at radius 2 is 2.33 bits per heavy atom. The summed E-state index contributed by atoms with van der Waals surface area (Å²) in [6, 6.07) is 1.83. The summed E-state index contributed by atoms with van der Waals surface area (Å²) in [5, 5.41) is 3.32. The van der Waals surface area contributed by atoms with Crippen LogP contribution in [-0.4, -0.2) is 10.9 Å². The molecule has 0 bridgehead atoms. The molecule has 3 nitrogen and oxygen atoms in total. The monoisotopic (exact) mass is 224 g/mol. The van der Waals surface area contributed by atoms with Gasteiger partial charge in [0.15, 0.2) is 0 Å². The minimum atomic E-state index is 0.0889. The van der Waals surface area contributed by atoms with Crippen LogP contribution in [0.1, 0.15) is 18.9 Å². The molecular weight excluding hydrogens is 212 g/mol. The molecule has 1 amide bonds. The number of amides is 1.